The van der Waals surface area contributed by atoms with Crippen LogP contribution < -0.4 is 5.32 Å². The average molecular weight is 249 g/mol. The van der Waals surface area contributed by atoms with E-state index in [1.54, 1.807) is 30.5 Å². The Balaban J connectivity index is 2.28. The first-order chi connectivity index (χ1) is 8.16. The molecule has 2 rings (SSSR count). The van der Waals surface area contributed by atoms with Crippen molar-refractivity contribution >= 4 is 28.9 Å². The molecule has 2 N–H and O–H groups in total. The normalized spacial score (nSPS) is 9.94. The summed E-state index contributed by atoms with van der Waals surface area (Å²) in [4.78, 5) is 14.7. The molecule has 17 heavy (non-hydrogen) atoms. The van der Waals surface area contributed by atoms with Crippen LogP contribution in [-0.2, 0) is 0 Å². The zero-order chi connectivity index (χ0) is 12.3. The van der Waals surface area contributed by atoms with Crippen molar-refractivity contribution in [3.63, 3.8) is 0 Å². The molecule has 0 saturated heterocycles. The topological polar surface area (TPSA) is 62.2 Å². The fourth-order valence-electron chi connectivity index (χ4n) is 1.36. The smallest absolute Gasteiger partial charge is 0.335 e. The van der Waals surface area contributed by atoms with Gasteiger partial charge >= 0.3 is 5.97 Å². The van der Waals surface area contributed by atoms with Gasteiger partial charge in [-0.05, 0) is 30.3 Å². The summed E-state index contributed by atoms with van der Waals surface area (Å²) in [7, 11) is 0. The molecule has 0 aliphatic heterocycles. The number of aromatic carboxylic acids is 1. The van der Waals surface area contributed by atoms with Gasteiger partial charge in [0.1, 0.15) is 0 Å². The summed E-state index contributed by atoms with van der Waals surface area (Å²) in [6, 6.07) is 9.99. The van der Waals surface area contributed by atoms with Crippen molar-refractivity contribution < 1.29 is 9.90 Å². The number of pyridine rings is 1. The van der Waals surface area contributed by atoms with Crippen molar-refractivity contribution in [3.05, 3.63) is 53.3 Å². The summed E-state index contributed by atoms with van der Waals surface area (Å²) in [6.07, 6.45) is 1.58. The lowest BCUT2D eigenvalue weighted by atomic mass is 10.2. The van der Waals surface area contributed by atoms with Gasteiger partial charge in [0.05, 0.1) is 11.3 Å². The lowest BCUT2D eigenvalue weighted by Gasteiger charge is -2.07. The molecule has 2 aromatic rings. The third-order valence-electron chi connectivity index (χ3n) is 2.15. The molecule has 0 aliphatic carbocycles. The Kier molecular flexibility index (Phi) is 3.25. The first-order valence-corrected chi connectivity index (χ1v) is 5.25. The van der Waals surface area contributed by atoms with Gasteiger partial charge in [-0.3, -0.25) is 0 Å². The number of halogens is 1. The Morgan fingerprint density at radius 3 is 2.82 bits per heavy atom. The van der Waals surface area contributed by atoms with Crippen molar-refractivity contribution in [2.45, 2.75) is 0 Å². The highest BCUT2D eigenvalue weighted by molar-refractivity contribution is 6.32. The van der Waals surface area contributed by atoms with E-state index in [-0.39, 0.29) is 5.56 Å². The van der Waals surface area contributed by atoms with Crippen LogP contribution in [0, 0.1) is 0 Å². The summed E-state index contributed by atoms with van der Waals surface area (Å²) in [6.45, 7) is 0. The first kappa shape index (κ1) is 11.4. The maximum atomic E-state index is 10.8. The minimum atomic E-state index is -0.967. The van der Waals surface area contributed by atoms with Gasteiger partial charge in [0, 0.05) is 11.9 Å². The highest BCUT2D eigenvalue weighted by atomic mass is 35.5. The van der Waals surface area contributed by atoms with Crippen molar-refractivity contribution in [3.8, 4) is 0 Å². The molecular weight excluding hydrogens is 240 g/mol. The molecule has 0 bridgehead atoms. The Morgan fingerprint density at radius 2 is 2.12 bits per heavy atom. The number of carboxylic acid groups (broad SMARTS) is 1. The van der Waals surface area contributed by atoms with Crippen molar-refractivity contribution in [2.24, 2.45) is 0 Å². The molecule has 0 amide bonds. The first-order valence-electron chi connectivity index (χ1n) is 4.88. The molecule has 1 aromatic heterocycles. The minimum absolute atomic E-state index is 0.218. The SMILES string of the molecule is O=C(O)c1cccc(Nc2cccnc2Cl)c1. The van der Waals surface area contributed by atoms with E-state index in [0.29, 0.717) is 16.5 Å². The molecule has 4 nitrogen and oxygen atoms in total. The Morgan fingerprint density at radius 1 is 1.29 bits per heavy atom. The number of nitrogens with one attached hydrogen (secondary N) is 1. The zero-order valence-electron chi connectivity index (χ0n) is 8.72. The molecule has 0 unspecified atom stereocenters. The molecule has 0 fully saturated rings. The third kappa shape index (κ3) is 2.73. The molecule has 86 valence electrons. The van der Waals surface area contributed by atoms with Crippen LogP contribution in [0.15, 0.2) is 42.6 Å². The summed E-state index contributed by atoms with van der Waals surface area (Å²) in [5.41, 5.74) is 1.51. The number of anilines is 2. The van der Waals surface area contributed by atoms with Crippen LogP contribution in [0.1, 0.15) is 10.4 Å². The summed E-state index contributed by atoms with van der Waals surface area (Å²) in [5, 5.41) is 12.2. The molecule has 5 heteroatoms. The van der Waals surface area contributed by atoms with Crippen LogP contribution in [0.25, 0.3) is 0 Å². The molecular formula is C12H9ClN2O2. The van der Waals surface area contributed by atoms with Gasteiger partial charge in [-0.1, -0.05) is 17.7 Å². The van der Waals surface area contributed by atoms with E-state index in [1.807, 2.05) is 0 Å². The molecule has 1 heterocycles. The number of hydrogen-bond donors (Lipinski definition) is 2. The van der Waals surface area contributed by atoms with Crippen LogP contribution in [0.4, 0.5) is 11.4 Å². The second-order valence-corrected chi connectivity index (χ2v) is 3.71. The Labute approximate surface area is 103 Å². The lowest BCUT2D eigenvalue weighted by Crippen LogP contribution is -1.98. The molecule has 0 aliphatic rings. The molecule has 0 atom stereocenters. The van der Waals surface area contributed by atoms with Gasteiger partial charge in [0.25, 0.3) is 0 Å². The number of benzene rings is 1. The fourth-order valence-corrected chi connectivity index (χ4v) is 1.53. The van der Waals surface area contributed by atoms with Crippen LogP contribution in [0.2, 0.25) is 5.15 Å². The van der Waals surface area contributed by atoms with Crippen molar-refractivity contribution in [2.75, 3.05) is 5.32 Å². The van der Waals surface area contributed by atoms with Gasteiger partial charge < -0.3 is 10.4 Å². The van der Waals surface area contributed by atoms with E-state index in [4.69, 9.17) is 16.7 Å². The van der Waals surface area contributed by atoms with E-state index in [2.05, 4.69) is 10.3 Å². The number of aromatic nitrogens is 1. The number of carboxylic acids is 1. The average Bonchev–Trinajstić information content (AvgIpc) is 2.32. The number of carbonyl (C=O) groups is 1. The van der Waals surface area contributed by atoms with Crippen molar-refractivity contribution in [1.29, 1.82) is 0 Å². The predicted octanol–water partition coefficient (Wildman–Crippen LogP) is 3.18. The molecule has 1 aromatic carbocycles. The number of nitrogens with zero attached hydrogens (tertiary/aromatic N) is 1. The summed E-state index contributed by atoms with van der Waals surface area (Å²) in [5.74, 6) is -0.967. The van der Waals surface area contributed by atoms with E-state index >= 15 is 0 Å². The van der Waals surface area contributed by atoms with Gasteiger partial charge in [-0.25, -0.2) is 9.78 Å². The molecule has 0 radical (unpaired) electrons. The largest absolute Gasteiger partial charge is 0.478 e. The van der Waals surface area contributed by atoms with E-state index in [0.717, 1.165) is 0 Å². The maximum Gasteiger partial charge on any atom is 0.335 e. The maximum absolute atomic E-state index is 10.8. The highest BCUT2D eigenvalue weighted by Crippen LogP contribution is 2.23. The quantitative estimate of drug-likeness (QED) is 0.819. The Hall–Kier alpha value is -2.07. The van der Waals surface area contributed by atoms with Crippen molar-refractivity contribution in [1.82, 2.24) is 4.98 Å². The second-order valence-electron chi connectivity index (χ2n) is 3.35. The van der Waals surface area contributed by atoms with E-state index < -0.39 is 5.97 Å². The zero-order valence-corrected chi connectivity index (χ0v) is 9.48. The second kappa shape index (κ2) is 4.84. The third-order valence-corrected chi connectivity index (χ3v) is 2.45. The minimum Gasteiger partial charge on any atom is -0.478 e. The van der Waals surface area contributed by atoms with Gasteiger partial charge in [-0.15, -0.1) is 0 Å². The summed E-state index contributed by atoms with van der Waals surface area (Å²) >= 11 is 5.89. The van der Waals surface area contributed by atoms with Crippen LogP contribution in [-0.4, -0.2) is 16.1 Å². The fraction of sp³-hybridized carbons (Fsp3) is 0. The van der Waals surface area contributed by atoms with Gasteiger partial charge in [0.2, 0.25) is 0 Å². The van der Waals surface area contributed by atoms with Gasteiger partial charge in [-0.2, -0.15) is 0 Å². The predicted molar refractivity (Wildman–Crippen MR) is 65.9 cm³/mol. The Bertz CT molecular complexity index is 558. The molecule has 0 saturated carbocycles. The number of hydrogen-bond acceptors (Lipinski definition) is 3. The van der Waals surface area contributed by atoms with E-state index in [9.17, 15) is 4.79 Å². The monoisotopic (exact) mass is 248 g/mol. The highest BCUT2D eigenvalue weighted by Gasteiger charge is 2.04. The van der Waals surface area contributed by atoms with Crippen LogP contribution >= 0.6 is 11.6 Å². The number of rotatable bonds is 3. The van der Waals surface area contributed by atoms with Crippen LogP contribution in [0.3, 0.4) is 0 Å². The standard InChI is InChI=1S/C12H9ClN2O2/c13-11-10(5-2-6-14-11)15-9-4-1-3-8(7-9)12(16)17/h1-7,15H,(H,16,17). The summed E-state index contributed by atoms with van der Waals surface area (Å²) < 4.78 is 0. The molecule has 0 spiro atoms. The van der Waals surface area contributed by atoms with E-state index in [1.165, 1.54) is 12.1 Å². The van der Waals surface area contributed by atoms with Gasteiger partial charge in [0.15, 0.2) is 5.15 Å². The van der Waals surface area contributed by atoms with Crippen LogP contribution in [0.5, 0.6) is 0 Å². The lowest BCUT2D eigenvalue weighted by molar-refractivity contribution is 0.0697.